The standard InChI is InChI=1S/C8H15NO/c1-9-5-7-3-2-4-8(6-9)10-7/h7-8H,2-6H2,1H3/t7-,8?/m1/s1. The summed E-state index contributed by atoms with van der Waals surface area (Å²) in [5, 5.41) is 0. The third-order valence-electron chi connectivity index (χ3n) is 2.47. The van der Waals surface area contributed by atoms with Crippen molar-refractivity contribution in [2.45, 2.75) is 31.5 Å². The fourth-order valence-corrected chi connectivity index (χ4v) is 2.02. The minimum Gasteiger partial charge on any atom is -0.372 e. The number of morpholine rings is 1. The van der Waals surface area contributed by atoms with Crippen molar-refractivity contribution in [1.29, 1.82) is 0 Å². The number of hydrogen-bond donors (Lipinski definition) is 0. The summed E-state index contributed by atoms with van der Waals surface area (Å²) in [4.78, 5) is 2.39. The highest BCUT2D eigenvalue weighted by molar-refractivity contribution is 4.80. The number of likely N-dealkylation sites (N-methyl/N-ethyl adjacent to an activating group) is 1. The van der Waals surface area contributed by atoms with Gasteiger partial charge in [-0.05, 0) is 26.3 Å². The van der Waals surface area contributed by atoms with Crippen LogP contribution in [0.5, 0.6) is 0 Å². The summed E-state index contributed by atoms with van der Waals surface area (Å²) < 4.78 is 5.75. The molecule has 0 N–H and O–H groups in total. The van der Waals surface area contributed by atoms with Gasteiger partial charge in [-0.15, -0.1) is 0 Å². The van der Waals surface area contributed by atoms with Gasteiger partial charge in [-0.25, -0.2) is 0 Å². The first-order valence-electron chi connectivity index (χ1n) is 4.18. The Hall–Kier alpha value is -0.0800. The van der Waals surface area contributed by atoms with Crippen LogP contribution in [0, 0.1) is 0 Å². The summed E-state index contributed by atoms with van der Waals surface area (Å²) in [6.45, 7) is 2.30. The molecule has 2 aliphatic rings. The van der Waals surface area contributed by atoms with E-state index >= 15 is 0 Å². The molecule has 2 atom stereocenters. The molecule has 2 aliphatic heterocycles. The first kappa shape index (κ1) is 6.62. The summed E-state index contributed by atoms with van der Waals surface area (Å²) in [6, 6.07) is 0. The van der Waals surface area contributed by atoms with E-state index in [1.165, 1.54) is 19.3 Å². The molecular weight excluding hydrogens is 126 g/mol. The summed E-state index contributed by atoms with van der Waals surface area (Å²) in [6.07, 6.45) is 5.04. The molecule has 2 rings (SSSR count). The van der Waals surface area contributed by atoms with Crippen molar-refractivity contribution in [2.75, 3.05) is 20.1 Å². The van der Waals surface area contributed by atoms with E-state index in [-0.39, 0.29) is 0 Å². The van der Waals surface area contributed by atoms with E-state index in [1.54, 1.807) is 0 Å². The maximum atomic E-state index is 5.75. The number of nitrogens with zero attached hydrogens (tertiary/aromatic N) is 1. The lowest BCUT2D eigenvalue weighted by Gasteiger charge is -2.39. The van der Waals surface area contributed by atoms with Crippen LogP contribution in [0.1, 0.15) is 19.3 Å². The van der Waals surface area contributed by atoms with E-state index in [0.29, 0.717) is 12.2 Å². The first-order chi connectivity index (χ1) is 4.84. The number of rotatable bonds is 0. The highest BCUT2D eigenvalue weighted by atomic mass is 16.5. The Bertz CT molecular complexity index is 110. The quantitative estimate of drug-likeness (QED) is 0.496. The zero-order valence-corrected chi connectivity index (χ0v) is 6.55. The second-order valence-electron chi connectivity index (χ2n) is 3.53. The van der Waals surface area contributed by atoms with Gasteiger partial charge < -0.3 is 9.64 Å². The van der Waals surface area contributed by atoms with Gasteiger partial charge in [0, 0.05) is 13.1 Å². The fraction of sp³-hybridized carbons (Fsp3) is 1.00. The van der Waals surface area contributed by atoms with Gasteiger partial charge in [-0.3, -0.25) is 0 Å². The molecule has 2 saturated heterocycles. The molecule has 0 aromatic rings. The van der Waals surface area contributed by atoms with Crippen LogP contribution < -0.4 is 0 Å². The van der Waals surface area contributed by atoms with Gasteiger partial charge in [0.05, 0.1) is 12.2 Å². The van der Waals surface area contributed by atoms with E-state index in [2.05, 4.69) is 11.9 Å². The smallest absolute Gasteiger partial charge is 0.0706 e. The predicted molar refractivity (Wildman–Crippen MR) is 40.0 cm³/mol. The lowest BCUT2D eigenvalue weighted by molar-refractivity contribution is -0.107. The predicted octanol–water partition coefficient (Wildman–Crippen LogP) is 0.869. The van der Waals surface area contributed by atoms with Crippen LogP contribution in [0.2, 0.25) is 0 Å². The Labute approximate surface area is 62.2 Å². The summed E-state index contributed by atoms with van der Waals surface area (Å²) in [7, 11) is 2.19. The maximum absolute atomic E-state index is 5.75. The second kappa shape index (κ2) is 2.51. The lowest BCUT2D eigenvalue weighted by atomic mass is 10.0. The molecule has 0 spiro atoms. The normalized spacial score (nSPS) is 41.7. The molecule has 2 nitrogen and oxygen atoms in total. The molecule has 0 aliphatic carbocycles. The van der Waals surface area contributed by atoms with Crippen LogP contribution in [-0.4, -0.2) is 37.2 Å². The molecule has 0 amide bonds. The van der Waals surface area contributed by atoms with E-state index in [1.807, 2.05) is 0 Å². The van der Waals surface area contributed by atoms with Crippen molar-refractivity contribution in [3.05, 3.63) is 0 Å². The van der Waals surface area contributed by atoms with Crippen molar-refractivity contribution in [3.8, 4) is 0 Å². The minimum atomic E-state index is 0.553. The molecule has 2 bridgehead atoms. The van der Waals surface area contributed by atoms with E-state index < -0.39 is 0 Å². The van der Waals surface area contributed by atoms with Crippen LogP contribution in [0.4, 0.5) is 0 Å². The van der Waals surface area contributed by atoms with Crippen molar-refractivity contribution >= 4 is 0 Å². The zero-order chi connectivity index (χ0) is 6.97. The third-order valence-corrected chi connectivity index (χ3v) is 2.47. The number of likely N-dealkylation sites (tertiary alicyclic amines) is 1. The SMILES string of the molecule is CN1CC2CCC[C@H](C1)O2. The highest BCUT2D eigenvalue weighted by Gasteiger charge is 2.28. The number of fused-ring (bicyclic) bond motifs is 2. The Balaban J connectivity index is 1.98. The zero-order valence-electron chi connectivity index (χ0n) is 6.55. The third kappa shape index (κ3) is 1.18. The molecule has 0 aromatic heterocycles. The van der Waals surface area contributed by atoms with Gasteiger partial charge in [0.2, 0.25) is 0 Å². The average molecular weight is 141 g/mol. The van der Waals surface area contributed by atoms with Crippen molar-refractivity contribution in [1.82, 2.24) is 4.90 Å². The molecule has 10 heavy (non-hydrogen) atoms. The van der Waals surface area contributed by atoms with E-state index in [0.717, 1.165) is 13.1 Å². The largest absolute Gasteiger partial charge is 0.372 e. The second-order valence-corrected chi connectivity index (χ2v) is 3.53. The summed E-state index contributed by atoms with van der Waals surface area (Å²) in [5.74, 6) is 0. The van der Waals surface area contributed by atoms with Gasteiger partial charge in [-0.1, -0.05) is 0 Å². The van der Waals surface area contributed by atoms with Crippen LogP contribution in [-0.2, 0) is 4.74 Å². The van der Waals surface area contributed by atoms with Gasteiger partial charge in [0.15, 0.2) is 0 Å². The molecule has 2 fully saturated rings. The van der Waals surface area contributed by atoms with Gasteiger partial charge in [0.25, 0.3) is 0 Å². The van der Waals surface area contributed by atoms with Crippen molar-refractivity contribution in [3.63, 3.8) is 0 Å². The molecular formula is C8H15NO. The Morgan fingerprint density at radius 1 is 1.20 bits per heavy atom. The van der Waals surface area contributed by atoms with Crippen LogP contribution >= 0.6 is 0 Å². The average Bonchev–Trinajstić information content (AvgIpc) is 1.85. The highest BCUT2D eigenvalue weighted by Crippen LogP contribution is 2.23. The van der Waals surface area contributed by atoms with Crippen LogP contribution in [0.15, 0.2) is 0 Å². The van der Waals surface area contributed by atoms with Crippen LogP contribution in [0.25, 0.3) is 0 Å². The topological polar surface area (TPSA) is 12.5 Å². The van der Waals surface area contributed by atoms with E-state index in [9.17, 15) is 0 Å². The molecule has 0 saturated carbocycles. The molecule has 0 aromatic carbocycles. The summed E-state index contributed by atoms with van der Waals surface area (Å²) >= 11 is 0. The fourth-order valence-electron chi connectivity index (χ4n) is 2.02. The Morgan fingerprint density at radius 2 is 1.80 bits per heavy atom. The van der Waals surface area contributed by atoms with Gasteiger partial charge in [0.1, 0.15) is 0 Å². The Morgan fingerprint density at radius 3 is 2.40 bits per heavy atom. The van der Waals surface area contributed by atoms with E-state index in [4.69, 9.17) is 4.74 Å². The van der Waals surface area contributed by atoms with Crippen molar-refractivity contribution in [2.24, 2.45) is 0 Å². The molecule has 0 radical (unpaired) electrons. The van der Waals surface area contributed by atoms with Crippen molar-refractivity contribution < 1.29 is 4.74 Å². The maximum Gasteiger partial charge on any atom is 0.0706 e. The minimum absolute atomic E-state index is 0.553. The molecule has 58 valence electrons. The molecule has 2 heterocycles. The first-order valence-corrected chi connectivity index (χ1v) is 4.18. The van der Waals surface area contributed by atoms with Gasteiger partial charge in [-0.2, -0.15) is 0 Å². The molecule has 1 unspecified atom stereocenters. The monoisotopic (exact) mass is 141 g/mol. The molecule has 2 heteroatoms. The van der Waals surface area contributed by atoms with Crippen LogP contribution in [0.3, 0.4) is 0 Å². The summed E-state index contributed by atoms with van der Waals surface area (Å²) in [5.41, 5.74) is 0. The lowest BCUT2D eigenvalue weighted by Crippen LogP contribution is -2.47. The number of hydrogen-bond acceptors (Lipinski definition) is 2. The number of ether oxygens (including phenoxy) is 1. The Kier molecular flexibility index (Phi) is 1.66. The van der Waals surface area contributed by atoms with Gasteiger partial charge >= 0.3 is 0 Å².